The Morgan fingerprint density at radius 2 is 1.30 bits per heavy atom. The van der Waals surface area contributed by atoms with Crippen LogP contribution in [0.1, 0.15) is 19.8 Å². The number of ether oxygens (including phenoxy) is 2. The maximum atomic E-state index is 12.8. The Morgan fingerprint density at radius 3 is 1.59 bits per heavy atom. The molecule has 0 aromatic carbocycles. The number of carbonyl (C=O) groups excluding carboxylic acids is 2. The van der Waals surface area contributed by atoms with Gasteiger partial charge in [0.1, 0.15) is 5.75 Å². The summed E-state index contributed by atoms with van der Waals surface area (Å²) in [5.74, 6) is -10.5. The molecule has 0 radical (unpaired) electrons. The van der Waals surface area contributed by atoms with Crippen LogP contribution in [-0.2, 0) is 29.2 Å². The Hall–Kier alpha value is -1.71. The lowest BCUT2D eigenvalue weighted by Gasteiger charge is -2.25. The molecule has 27 heavy (non-hydrogen) atoms. The van der Waals surface area contributed by atoms with E-state index in [4.69, 9.17) is 4.55 Å². The van der Waals surface area contributed by atoms with Crippen LogP contribution in [0.3, 0.4) is 0 Å². The second-order valence-corrected chi connectivity index (χ2v) is 6.63. The third-order valence-corrected chi connectivity index (χ3v) is 3.26. The number of halogens is 8. The van der Waals surface area contributed by atoms with E-state index in [1.54, 1.807) is 0 Å². The third-order valence-electron chi connectivity index (χ3n) is 2.54. The van der Waals surface area contributed by atoms with E-state index in [1.807, 2.05) is 0 Å². The molecule has 0 spiro atoms. The molecule has 0 fully saturated rings. The molecule has 7 nitrogen and oxygen atoms in total. The van der Waals surface area contributed by atoms with Gasteiger partial charge in [0.25, 0.3) is 22.1 Å². The number of carbonyl (C=O) groups is 2. The summed E-state index contributed by atoms with van der Waals surface area (Å²) in [5, 5.41) is 0. The van der Waals surface area contributed by atoms with Gasteiger partial charge in [0.2, 0.25) is 6.10 Å². The molecule has 0 rings (SSSR count). The van der Waals surface area contributed by atoms with Crippen LogP contribution in [-0.4, -0.2) is 61.1 Å². The molecule has 2 atom stereocenters. The van der Waals surface area contributed by atoms with Crippen LogP contribution in [0.4, 0.5) is 35.1 Å². The van der Waals surface area contributed by atoms with E-state index in [-0.39, 0.29) is 6.92 Å². The summed E-state index contributed by atoms with van der Waals surface area (Å²) >= 11 is 0. The highest BCUT2D eigenvalue weighted by molar-refractivity contribution is 7.85. The molecule has 0 saturated heterocycles. The summed E-state index contributed by atoms with van der Waals surface area (Å²) in [5.41, 5.74) is 0. The van der Waals surface area contributed by atoms with Gasteiger partial charge < -0.3 is 9.47 Å². The number of hydrogen-bond acceptors (Lipinski definition) is 6. The van der Waals surface area contributed by atoms with E-state index >= 15 is 0 Å². The number of alkyl halides is 8. The SMILES string of the molecule is CC(F)(F)C(OC(=O)CCC(=O)OC(CS(=O)(=O)O)C(F)(F)F)C(F)(F)F. The van der Waals surface area contributed by atoms with E-state index in [1.165, 1.54) is 0 Å². The van der Waals surface area contributed by atoms with Crippen LogP contribution in [0, 0.1) is 0 Å². The fraction of sp³-hybridized carbons (Fsp3) is 0.818. The highest BCUT2D eigenvalue weighted by Gasteiger charge is 2.56. The van der Waals surface area contributed by atoms with E-state index < -0.39 is 71.1 Å². The molecule has 0 aliphatic heterocycles. The summed E-state index contributed by atoms with van der Waals surface area (Å²) in [6.45, 7) is -0.198. The Bertz CT molecular complexity index is 621. The molecular formula is C11H12F8O7S. The average molecular weight is 440 g/mol. The Kier molecular flexibility index (Phi) is 7.99. The first-order valence-corrected chi connectivity index (χ1v) is 8.19. The van der Waals surface area contributed by atoms with Crippen LogP contribution in [0.15, 0.2) is 0 Å². The minimum absolute atomic E-state index is 0.198. The van der Waals surface area contributed by atoms with Crippen molar-refractivity contribution in [2.75, 3.05) is 5.75 Å². The lowest BCUT2D eigenvalue weighted by atomic mass is 10.2. The van der Waals surface area contributed by atoms with Gasteiger partial charge in [0.15, 0.2) is 0 Å². The smallest absolute Gasteiger partial charge is 0.431 e. The van der Waals surface area contributed by atoms with Crippen molar-refractivity contribution in [1.82, 2.24) is 0 Å². The monoisotopic (exact) mass is 440 g/mol. The molecule has 0 aromatic rings. The standard InChI is InChI=1S/C11H12F8O7S/c1-9(12,13)8(11(17,18)19)26-7(21)3-2-6(20)25-5(10(14,15)16)4-27(22,23)24/h5,8H,2-4H2,1H3,(H,22,23,24). The van der Waals surface area contributed by atoms with Gasteiger partial charge >= 0.3 is 24.3 Å². The summed E-state index contributed by atoms with van der Waals surface area (Å²) in [7, 11) is -5.23. The maximum Gasteiger partial charge on any atom is 0.431 e. The van der Waals surface area contributed by atoms with Crippen molar-refractivity contribution in [2.24, 2.45) is 0 Å². The minimum Gasteiger partial charge on any atom is -0.451 e. The number of hydrogen-bond donors (Lipinski definition) is 1. The molecule has 0 bridgehead atoms. The second kappa shape index (κ2) is 8.53. The molecule has 0 amide bonds. The van der Waals surface area contributed by atoms with E-state index in [0.717, 1.165) is 0 Å². The van der Waals surface area contributed by atoms with Gasteiger partial charge in [-0.05, 0) is 0 Å². The summed E-state index contributed by atoms with van der Waals surface area (Å²) < 4.78 is 137. The van der Waals surface area contributed by atoms with E-state index in [0.29, 0.717) is 0 Å². The van der Waals surface area contributed by atoms with Gasteiger partial charge in [-0.3, -0.25) is 14.1 Å². The third kappa shape index (κ3) is 10.3. The van der Waals surface area contributed by atoms with Gasteiger partial charge in [0, 0.05) is 6.92 Å². The van der Waals surface area contributed by atoms with Crippen molar-refractivity contribution in [3.8, 4) is 0 Å². The zero-order valence-electron chi connectivity index (χ0n) is 13.1. The highest BCUT2D eigenvalue weighted by atomic mass is 32.2. The fourth-order valence-electron chi connectivity index (χ4n) is 1.46. The molecule has 0 aliphatic rings. The Labute approximate surface area is 146 Å². The second-order valence-electron chi connectivity index (χ2n) is 5.14. The van der Waals surface area contributed by atoms with Crippen LogP contribution in [0.25, 0.3) is 0 Å². The van der Waals surface area contributed by atoms with Crippen molar-refractivity contribution in [2.45, 2.75) is 50.2 Å². The number of esters is 2. The van der Waals surface area contributed by atoms with Crippen molar-refractivity contribution in [1.29, 1.82) is 0 Å². The molecule has 0 heterocycles. The Morgan fingerprint density at radius 1 is 0.889 bits per heavy atom. The zero-order chi connectivity index (χ0) is 21.8. The first-order chi connectivity index (χ1) is 11.7. The molecule has 2 unspecified atom stereocenters. The van der Waals surface area contributed by atoms with Crippen LogP contribution < -0.4 is 0 Å². The van der Waals surface area contributed by atoms with Crippen LogP contribution in [0.2, 0.25) is 0 Å². The van der Waals surface area contributed by atoms with E-state index in [9.17, 15) is 53.1 Å². The molecular weight excluding hydrogens is 428 g/mol. The quantitative estimate of drug-likeness (QED) is 0.351. The van der Waals surface area contributed by atoms with Crippen LogP contribution >= 0.6 is 0 Å². The van der Waals surface area contributed by atoms with Crippen molar-refractivity contribution < 1.29 is 67.2 Å². The highest BCUT2D eigenvalue weighted by Crippen LogP contribution is 2.34. The van der Waals surface area contributed by atoms with Gasteiger partial charge in [0.05, 0.1) is 12.8 Å². The van der Waals surface area contributed by atoms with Gasteiger partial charge in [-0.25, -0.2) is 8.78 Å². The molecule has 160 valence electrons. The van der Waals surface area contributed by atoms with Crippen molar-refractivity contribution in [3.63, 3.8) is 0 Å². The van der Waals surface area contributed by atoms with Gasteiger partial charge in [-0.2, -0.15) is 34.8 Å². The van der Waals surface area contributed by atoms with Gasteiger partial charge in [-0.1, -0.05) is 0 Å². The number of rotatable bonds is 8. The lowest BCUT2D eigenvalue weighted by Crippen LogP contribution is -2.46. The minimum atomic E-state index is -5.66. The lowest BCUT2D eigenvalue weighted by molar-refractivity contribution is -0.273. The first kappa shape index (κ1) is 25.3. The van der Waals surface area contributed by atoms with E-state index in [2.05, 4.69) is 9.47 Å². The Balaban J connectivity index is 4.86. The summed E-state index contributed by atoms with van der Waals surface area (Å²) in [4.78, 5) is 22.3. The molecule has 0 aliphatic carbocycles. The van der Waals surface area contributed by atoms with Crippen LogP contribution in [0.5, 0.6) is 0 Å². The average Bonchev–Trinajstić information content (AvgIpc) is 2.36. The zero-order valence-corrected chi connectivity index (χ0v) is 13.9. The fourth-order valence-corrected chi connectivity index (χ4v) is 2.10. The molecule has 1 N–H and O–H groups in total. The first-order valence-electron chi connectivity index (χ1n) is 6.59. The molecule has 16 heteroatoms. The van der Waals surface area contributed by atoms with Crippen molar-refractivity contribution in [3.05, 3.63) is 0 Å². The largest absolute Gasteiger partial charge is 0.451 e. The maximum absolute atomic E-state index is 12.8. The summed E-state index contributed by atoms with van der Waals surface area (Å²) in [6.07, 6.45) is -21.0. The predicted octanol–water partition coefficient (Wildman–Crippen LogP) is 2.26. The topological polar surface area (TPSA) is 107 Å². The van der Waals surface area contributed by atoms with Gasteiger partial charge in [-0.15, -0.1) is 0 Å². The molecule has 0 aromatic heterocycles. The summed E-state index contributed by atoms with van der Waals surface area (Å²) in [6, 6.07) is 0. The predicted molar refractivity (Wildman–Crippen MR) is 68.1 cm³/mol. The normalized spacial score (nSPS) is 15.8. The van der Waals surface area contributed by atoms with Crippen molar-refractivity contribution >= 4 is 22.1 Å². The molecule has 0 saturated carbocycles.